The van der Waals surface area contributed by atoms with E-state index in [2.05, 4.69) is 26.5 Å². The lowest BCUT2D eigenvalue weighted by atomic mass is 9.98. The number of anilines is 1. The van der Waals surface area contributed by atoms with Crippen molar-refractivity contribution in [1.82, 2.24) is 15.5 Å². The quantitative estimate of drug-likeness (QED) is 0.800. The van der Waals surface area contributed by atoms with Crippen molar-refractivity contribution in [2.24, 2.45) is 5.92 Å². The van der Waals surface area contributed by atoms with Crippen molar-refractivity contribution >= 4 is 34.1 Å². The van der Waals surface area contributed by atoms with Crippen molar-refractivity contribution in [3.05, 3.63) is 0 Å². The van der Waals surface area contributed by atoms with Crippen molar-refractivity contribution in [2.45, 2.75) is 42.5 Å². The van der Waals surface area contributed by atoms with E-state index in [4.69, 9.17) is 0 Å². The van der Waals surface area contributed by atoms with Gasteiger partial charge in [-0.1, -0.05) is 23.1 Å². The van der Waals surface area contributed by atoms with E-state index in [0.29, 0.717) is 5.92 Å². The molecule has 1 saturated heterocycles. The molecule has 1 aliphatic carbocycles. The van der Waals surface area contributed by atoms with E-state index in [0.717, 1.165) is 35.4 Å². The minimum atomic E-state index is -0.723. The van der Waals surface area contributed by atoms with Gasteiger partial charge in [0.05, 0.1) is 11.8 Å². The Morgan fingerprint density at radius 2 is 2.23 bits per heavy atom. The molecule has 1 aliphatic heterocycles. The third kappa shape index (κ3) is 3.52. The highest BCUT2D eigenvalue weighted by atomic mass is 32.2. The average Bonchev–Trinajstić information content (AvgIpc) is 3.04. The van der Waals surface area contributed by atoms with Gasteiger partial charge < -0.3 is 10.2 Å². The lowest BCUT2D eigenvalue weighted by Crippen LogP contribution is -2.47. The van der Waals surface area contributed by atoms with Crippen LogP contribution in [-0.2, 0) is 4.79 Å². The van der Waals surface area contributed by atoms with Crippen LogP contribution in [0.2, 0.25) is 0 Å². The van der Waals surface area contributed by atoms with Crippen LogP contribution in [0.25, 0.3) is 0 Å². The zero-order valence-corrected chi connectivity index (χ0v) is 14.2. The Bertz CT molecular complexity index is 588. The Hall–Kier alpha value is -1.33. The zero-order chi connectivity index (χ0) is 15.6. The number of nitrogens with one attached hydrogen (secondary N) is 1. The van der Waals surface area contributed by atoms with E-state index < -0.39 is 5.54 Å². The number of hydrogen-bond donors (Lipinski definition) is 1. The Morgan fingerprint density at radius 1 is 1.50 bits per heavy atom. The van der Waals surface area contributed by atoms with Gasteiger partial charge in [-0.05, 0) is 38.5 Å². The number of hydrogen-bond acceptors (Lipinski definition) is 7. The molecule has 0 spiro atoms. The molecule has 1 amide bonds. The van der Waals surface area contributed by atoms with Crippen molar-refractivity contribution in [2.75, 3.05) is 23.7 Å². The van der Waals surface area contributed by atoms with Gasteiger partial charge in [0.15, 0.2) is 4.34 Å². The second-order valence-electron chi connectivity index (χ2n) is 5.97. The van der Waals surface area contributed by atoms with Crippen LogP contribution in [0.3, 0.4) is 0 Å². The van der Waals surface area contributed by atoms with Crippen LogP contribution in [0.1, 0.15) is 32.6 Å². The summed E-state index contributed by atoms with van der Waals surface area (Å²) in [7, 11) is 0. The van der Waals surface area contributed by atoms with Crippen LogP contribution in [0.5, 0.6) is 0 Å². The maximum absolute atomic E-state index is 12.0. The number of nitrogens with zero attached hydrogens (tertiary/aromatic N) is 4. The lowest BCUT2D eigenvalue weighted by Gasteiger charge is -2.22. The maximum atomic E-state index is 12.0. The first-order valence-corrected chi connectivity index (χ1v) is 9.34. The van der Waals surface area contributed by atoms with Crippen LogP contribution >= 0.6 is 23.1 Å². The molecule has 8 heteroatoms. The Balaban J connectivity index is 1.49. The fourth-order valence-electron chi connectivity index (χ4n) is 2.63. The largest absolute Gasteiger partial charge is 0.347 e. The maximum Gasteiger partial charge on any atom is 0.231 e. The van der Waals surface area contributed by atoms with Crippen LogP contribution in [0.15, 0.2) is 4.34 Å². The molecule has 1 aromatic rings. The molecular formula is C14H19N5OS2. The number of amides is 1. The zero-order valence-electron chi connectivity index (χ0n) is 12.5. The predicted molar refractivity (Wildman–Crippen MR) is 87.0 cm³/mol. The second kappa shape index (κ2) is 6.42. The molecular weight excluding hydrogens is 318 g/mol. The number of rotatable bonds is 6. The third-order valence-electron chi connectivity index (χ3n) is 4.12. The Labute approximate surface area is 138 Å². The average molecular weight is 337 g/mol. The normalized spacial score (nSPS) is 20.5. The molecule has 3 rings (SSSR count). The van der Waals surface area contributed by atoms with Gasteiger partial charge in [-0.3, -0.25) is 4.79 Å². The molecule has 2 aliphatic rings. The molecule has 118 valence electrons. The molecule has 0 bridgehead atoms. The molecule has 2 fully saturated rings. The first kappa shape index (κ1) is 15.6. The number of aromatic nitrogens is 2. The van der Waals surface area contributed by atoms with Gasteiger partial charge in [0.1, 0.15) is 5.54 Å². The summed E-state index contributed by atoms with van der Waals surface area (Å²) >= 11 is 2.92. The second-order valence-corrected chi connectivity index (χ2v) is 8.15. The van der Waals surface area contributed by atoms with Gasteiger partial charge in [-0.15, -0.1) is 10.2 Å². The highest BCUT2D eigenvalue weighted by molar-refractivity contribution is 8.01. The smallest absolute Gasteiger partial charge is 0.231 e. The summed E-state index contributed by atoms with van der Waals surface area (Å²) in [6.45, 7) is 3.90. The predicted octanol–water partition coefficient (Wildman–Crippen LogP) is 2.04. The molecule has 0 aromatic carbocycles. The number of carbonyl (C=O) groups is 1. The Morgan fingerprint density at radius 3 is 2.86 bits per heavy atom. The number of thioether (sulfide) groups is 1. The topological polar surface area (TPSA) is 81.9 Å². The van der Waals surface area contributed by atoms with E-state index in [9.17, 15) is 10.1 Å². The van der Waals surface area contributed by atoms with Gasteiger partial charge in [0.25, 0.3) is 0 Å². The molecule has 1 saturated carbocycles. The summed E-state index contributed by atoms with van der Waals surface area (Å²) < 4.78 is 0.808. The standard InChI is InChI=1S/C14H19N5OS2/c1-14(9-15,10-4-5-10)16-11(20)8-21-13-18-17-12(22-13)19-6-2-3-7-19/h10H,2-8H2,1H3,(H,16,20). The lowest BCUT2D eigenvalue weighted by molar-refractivity contribution is -0.119. The number of carbonyl (C=O) groups excluding carboxylic acids is 1. The van der Waals surface area contributed by atoms with E-state index in [-0.39, 0.29) is 11.7 Å². The first-order chi connectivity index (χ1) is 10.6. The van der Waals surface area contributed by atoms with E-state index in [1.54, 1.807) is 0 Å². The summed E-state index contributed by atoms with van der Waals surface area (Å²) in [5, 5.41) is 21.4. The summed E-state index contributed by atoms with van der Waals surface area (Å²) in [5.74, 6) is 0.465. The Kier molecular flexibility index (Phi) is 4.54. The van der Waals surface area contributed by atoms with Crippen molar-refractivity contribution < 1.29 is 4.79 Å². The molecule has 6 nitrogen and oxygen atoms in total. The highest BCUT2D eigenvalue weighted by Crippen LogP contribution is 2.39. The summed E-state index contributed by atoms with van der Waals surface area (Å²) in [6.07, 6.45) is 4.46. The van der Waals surface area contributed by atoms with Crippen LogP contribution in [0, 0.1) is 17.2 Å². The third-order valence-corrected chi connectivity index (χ3v) is 6.24. The van der Waals surface area contributed by atoms with Crippen molar-refractivity contribution in [3.63, 3.8) is 0 Å². The summed E-state index contributed by atoms with van der Waals surface area (Å²) in [5.41, 5.74) is -0.723. The van der Waals surface area contributed by atoms with E-state index in [1.165, 1.54) is 35.9 Å². The van der Waals surface area contributed by atoms with Crippen molar-refractivity contribution in [3.8, 4) is 6.07 Å². The minimum Gasteiger partial charge on any atom is -0.347 e. The summed E-state index contributed by atoms with van der Waals surface area (Å²) in [6, 6.07) is 2.24. The van der Waals surface area contributed by atoms with Crippen molar-refractivity contribution in [1.29, 1.82) is 5.26 Å². The van der Waals surface area contributed by atoms with Crippen LogP contribution in [-0.4, -0.2) is 40.5 Å². The fraction of sp³-hybridized carbons (Fsp3) is 0.714. The van der Waals surface area contributed by atoms with Gasteiger partial charge in [-0.2, -0.15) is 5.26 Å². The minimum absolute atomic E-state index is 0.112. The van der Waals surface area contributed by atoms with Gasteiger partial charge >= 0.3 is 0 Å². The summed E-state index contributed by atoms with van der Waals surface area (Å²) in [4.78, 5) is 14.3. The van der Waals surface area contributed by atoms with Gasteiger partial charge in [0.2, 0.25) is 11.0 Å². The molecule has 0 radical (unpaired) electrons. The van der Waals surface area contributed by atoms with Crippen LogP contribution in [0.4, 0.5) is 5.13 Å². The molecule has 22 heavy (non-hydrogen) atoms. The molecule has 1 atom stereocenters. The van der Waals surface area contributed by atoms with E-state index in [1.807, 2.05) is 6.92 Å². The molecule has 2 heterocycles. The molecule has 1 unspecified atom stereocenters. The SMILES string of the molecule is CC(C#N)(NC(=O)CSc1nnc(N2CCCC2)s1)C1CC1. The van der Waals surface area contributed by atoms with E-state index >= 15 is 0 Å². The van der Waals surface area contributed by atoms with Crippen LogP contribution < -0.4 is 10.2 Å². The monoisotopic (exact) mass is 337 g/mol. The molecule has 1 N–H and O–H groups in total. The highest BCUT2D eigenvalue weighted by Gasteiger charge is 2.42. The fourth-order valence-corrected chi connectivity index (χ4v) is 4.32. The van der Waals surface area contributed by atoms with Gasteiger partial charge in [-0.25, -0.2) is 0 Å². The molecule has 1 aromatic heterocycles. The first-order valence-electron chi connectivity index (χ1n) is 7.54. The van der Waals surface area contributed by atoms with Gasteiger partial charge in [0, 0.05) is 13.1 Å². The number of nitriles is 1.